The predicted molar refractivity (Wildman–Crippen MR) is 107 cm³/mol. The molecule has 2 aromatic rings. The number of nitriles is 1. The lowest BCUT2D eigenvalue weighted by Gasteiger charge is -2.16. The Morgan fingerprint density at radius 3 is 2.38 bits per heavy atom. The Morgan fingerprint density at radius 2 is 1.81 bits per heavy atom. The predicted octanol–water partition coefficient (Wildman–Crippen LogP) is 5.59. The Balaban J connectivity index is 2.54. The topological polar surface area (TPSA) is 42.2 Å². The third kappa shape index (κ3) is 4.77. The second kappa shape index (κ2) is 9.48. The van der Waals surface area contributed by atoms with Crippen LogP contribution in [0.3, 0.4) is 0 Å². The van der Waals surface area contributed by atoms with E-state index in [-0.39, 0.29) is 0 Å². The fraction of sp³-hybridized carbons (Fsp3) is 0.261. The van der Waals surface area contributed by atoms with Crippen molar-refractivity contribution in [3.8, 4) is 17.6 Å². The Bertz CT molecular complexity index is 827. The lowest BCUT2D eigenvalue weighted by atomic mass is 10.00. The Kier molecular flexibility index (Phi) is 7.05. The molecule has 0 amide bonds. The molecule has 0 N–H and O–H groups in total. The van der Waals surface area contributed by atoms with E-state index < -0.39 is 0 Å². The summed E-state index contributed by atoms with van der Waals surface area (Å²) in [6.45, 7) is 10.9. The molecule has 0 aliphatic rings. The van der Waals surface area contributed by atoms with Gasteiger partial charge in [-0.2, -0.15) is 5.26 Å². The maximum atomic E-state index is 9.60. The number of nitrogens with zero attached hydrogens (tertiary/aromatic N) is 1. The van der Waals surface area contributed by atoms with Crippen LogP contribution >= 0.6 is 0 Å². The Labute approximate surface area is 156 Å². The van der Waals surface area contributed by atoms with Crippen LogP contribution in [0.1, 0.15) is 36.1 Å². The van der Waals surface area contributed by atoms with Gasteiger partial charge in [-0.3, -0.25) is 0 Å². The molecule has 0 fully saturated rings. The van der Waals surface area contributed by atoms with Gasteiger partial charge in [0, 0.05) is 5.56 Å². The zero-order valence-corrected chi connectivity index (χ0v) is 15.7. The van der Waals surface area contributed by atoms with Gasteiger partial charge in [0.15, 0.2) is 11.5 Å². The second-order valence-electron chi connectivity index (χ2n) is 5.90. The molecule has 0 aliphatic heterocycles. The first kappa shape index (κ1) is 19.3. The molecule has 0 heterocycles. The number of allylic oxidation sites excluding steroid dienone is 2. The lowest BCUT2D eigenvalue weighted by Crippen LogP contribution is -2.02. The highest BCUT2D eigenvalue weighted by Crippen LogP contribution is 2.35. The van der Waals surface area contributed by atoms with Crippen molar-refractivity contribution in [1.29, 1.82) is 5.26 Å². The van der Waals surface area contributed by atoms with Gasteiger partial charge in [-0.05, 0) is 56.5 Å². The van der Waals surface area contributed by atoms with Gasteiger partial charge < -0.3 is 9.47 Å². The first-order valence-electron chi connectivity index (χ1n) is 8.85. The number of hydrogen-bond acceptors (Lipinski definition) is 3. The minimum Gasteiger partial charge on any atom is -0.490 e. The number of hydrogen-bond donors (Lipinski definition) is 0. The van der Waals surface area contributed by atoms with Crippen LogP contribution in [0, 0.1) is 18.3 Å². The summed E-state index contributed by atoms with van der Waals surface area (Å²) in [6.07, 6.45) is 4.39. The summed E-state index contributed by atoms with van der Waals surface area (Å²) in [4.78, 5) is 0. The van der Waals surface area contributed by atoms with Crippen molar-refractivity contribution < 1.29 is 9.47 Å². The summed E-state index contributed by atoms with van der Waals surface area (Å²) in [5, 5.41) is 9.60. The molecular formula is C23H25NO2. The van der Waals surface area contributed by atoms with Crippen LogP contribution in [0.5, 0.6) is 11.5 Å². The van der Waals surface area contributed by atoms with E-state index in [9.17, 15) is 5.26 Å². The third-order valence-electron chi connectivity index (χ3n) is 3.90. The highest BCUT2D eigenvalue weighted by Gasteiger charge is 2.13. The van der Waals surface area contributed by atoms with Crippen LogP contribution in [0.2, 0.25) is 0 Å². The molecule has 0 unspecified atom stereocenters. The van der Waals surface area contributed by atoms with Gasteiger partial charge in [0.2, 0.25) is 0 Å². The summed E-state index contributed by atoms with van der Waals surface area (Å²) < 4.78 is 11.6. The van der Waals surface area contributed by atoms with Crippen molar-refractivity contribution in [2.45, 2.75) is 27.2 Å². The van der Waals surface area contributed by atoms with E-state index >= 15 is 0 Å². The SMILES string of the molecule is C=CCc1cc(/C=C(/C#N)c2ccc(C)cc2)cc(OCC)c1OCC. The largest absolute Gasteiger partial charge is 0.490 e. The molecule has 2 aromatic carbocycles. The fourth-order valence-corrected chi connectivity index (χ4v) is 2.72. The third-order valence-corrected chi connectivity index (χ3v) is 3.90. The summed E-state index contributed by atoms with van der Waals surface area (Å²) in [6, 6.07) is 14.2. The maximum absolute atomic E-state index is 9.60. The molecular weight excluding hydrogens is 322 g/mol. The van der Waals surface area contributed by atoms with Gasteiger partial charge >= 0.3 is 0 Å². The smallest absolute Gasteiger partial charge is 0.164 e. The van der Waals surface area contributed by atoms with E-state index in [4.69, 9.17) is 9.47 Å². The van der Waals surface area contributed by atoms with E-state index in [0.29, 0.717) is 31.0 Å². The minimum atomic E-state index is 0.545. The van der Waals surface area contributed by atoms with Crippen LogP contribution in [0.25, 0.3) is 11.6 Å². The Morgan fingerprint density at radius 1 is 1.12 bits per heavy atom. The van der Waals surface area contributed by atoms with E-state index in [0.717, 1.165) is 22.4 Å². The molecule has 0 radical (unpaired) electrons. The first-order chi connectivity index (χ1) is 12.6. The number of aryl methyl sites for hydroxylation is 1. The van der Waals surface area contributed by atoms with Crippen molar-refractivity contribution in [2.75, 3.05) is 13.2 Å². The van der Waals surface area contributed by atoms with Crippen LogP contribution in [-0.4, -0.2) is 13.2 Å². The van der Waals surface area contributed by atoms with Crippen LogP contribution in [0.15, 0.2) is 49.1 Å². The van der Waals surface area contributed by atoms with Crippen LogP contribution in [0.4, 0.5) is 0 Å². The molecule has 0 aliphatic carbocycles. The van der Waals surface area contributed by atoms with Crippen molar-refractivity contribution >= 4 is 11.6 Å². The summed E-state index contributed by atoms with van der Waals surface area (Å²) in [7, 11) is 0. The van der Waals surface area contributed by atoms with E-state index in [2.05, 4.69) is 12.6 Å². The van der Waals surface area contributed by atoms with E-state index in [1.54, 1.807) is 0 Å². The molecule has 26 heavy (non-hydrogen) atoms. The van der Waals surface area contributed by atoms with Gasteiger partial charge in [0.25, 0.3) is 0 Å². The van der Waals surface area contributed by atoms with Gasteiger partial charge in [0.05, 0.1) is 24.9 Å². The standard InChI is InChI=1S/C23H25NO2/c1-5-8-20-13-18(15-22(25-6-2)23(20)26-7-3)14-21(16-24)19-11-9-17(4)10-12-19/h5,9-15H,1,6-8H2,2-4H3/b21-14-. The number of benzene rings is 2. The lowest BCUT2D eigenvalue weighted by molar-refractivity contribution is 0.285. The molecule has 3 nitrogen and oxygen atoms in total. The molecule has 0 spiro atoms. The van der Waals surface area contributed by atoms with Crippen LogP contribution < -0.4 is 9.47 Å². The molecule has 0 saturated heterocycles. The van der Waals surface area contributed by atoms with Crippen molar-refractivity contribution in [2.24, 2.45) is 0 Å². The maximum Gasteiger partial charge on any atom is 0.164 e. The molecule has 0 bridgehead atoms. The summed E-state index contributed by atoms with van der Waals surface area (Å²) in [5.41, 5.74) is 4.58. The van der Waals surface area contributed by atoms with Crippen molar-refractivity contribution in [3.63, 3.8) is 0 Å². The van der Waals surface area contributed by atoms with Crippen molar-refractivity contribution in [3.05, 3.63) is 71.3 Å². The number of rotatable bonds is 8. The van der Waals surface area contributed by atoms with Gasteiger partial charge in [0.1, 0.15) is 0 Å². The fourth-order valence-electron chi connectivity index (χ4n) is 2.72. The van der Waals surface area contributed by atoms with E-state index in [1.807, 2.05) is 69.3 Å². The Hall–Kier alpha value is -2.99. The van der Waals surface area contributed by atoms with Gasteiger partial charge in [-0.25, -0.2) is 0 Å². The molecule has 134 valence electrons. The molecule has 0 atom stereocenters. The van der Waals surface area contributed by atoms with E-state index in [1.165, 1.54) is 5.56 Å². The quantitative estimate of drug-likeness (QED) is 0.355. The highest BCUT2D eigenvalue weighted by molar-refractivity contribution is 5.90. The monoisotopic (exact) mass is 347 g/mol. The van der Waals surface area contributed by atoms with Crippen LogP contribution in [-0.2, 0) is 6.42 Å². The molecule has 3 heteroatoms. The minimum absolute atomic E-state index is 0.545. The second-order valence-corrected chi connectivity index (χ2v) is 5.90. The molecule has 2 rings (SSSR count). The first-order valence-corrected chi connectivity index (χ1v) is 8.85. The zero-order chi connectivity index (χ0) is 18.9. The molecule has 0 aromatic heterocycles. The number of ether oxygens (including phenoxy) is 2. The average Bonchev–Trinajstić information content (AvgIpc) is 2.64. The van der Waals surface area contributed by atoms with Gasteiger partial charge in [-0.1, -0.05) is 35.9 Å². The summed E-state index contributed by atoms with van der Waals surface area (Å²) >= 11 is 0. The average molecular weight is 347 g/mol. The molecule has 0 saturated carbocycles. The summed E-state index contributed by atoms with van der Waals surface area (Å²) in [5.74, 6) is 1.45. The zero-order valence-electron chi connectivity index (χ0n) is 15.7. The highest BCUT2D eigenvalue weighted by atomic mass is 16.5. The normalized spacial score (nSPS) is 10.9. The van der Waals surface area contributed by atoms with Gasteiger partial charge in [-0.15, -0.1) is 6.58 Å². The van der Waals surface area contributed by atoms with Crippen molar-refractivity contribution in [1.82, 2.24) is 0 Å².